The first-order chi connectivity index (χ1) is 15.3. The molecule has 32 heavy (non-hydrogen) atoms. The van der Waals surface area contributed by atoms with Crippen molar-refractivity contribution in [2.24, 2.45) is 0 Å². The summed E-state index contributed by atoms with van der Waals surface area (Å²) in [5, 5.41) is 12.1. The highest BCUT2D eigenvalue weighted by Crippen LogP contribution is 2.31. The summed E-state index contributed by atoms with van der Waals surface area (Å²) in [6.07, 6.45) is -0.185. The second kappa shape index (κ2) is 9.33. The van der Waals surface area contributed by atoms with Crippen molar-refractivity contribution in [3.8, 4) is 5.82 Å². The van der Waals surface area contributed by atoms with E-state index in [0.717, 1.165) is 42.8 Å². The SMILES string of the molecule is COCCNC1CCCc2c1nnn2-c1cc(Cc2cc(F)cc(C(F)(F)F)c2)ccn1. The second-order valence-electron chi connectivity index (χ2n) is 7.77. The maximum Gasteiger partial charge on any atom is 0.416 e. The number of halogens is 4. The van der Waals surface area contributed by atoms with E-state index in [1.165, 1.54) is 0 Å². The monoisotopic (exact) mass is 449 g/mol. The lowest BCUT2D eigenvalue weighted by Gasteiger charge is -2.22. The van der Waals surface area contributed by atoms with Crippen LogP contribution in [0.25, 0.3) is 5.82 Å². The highest BCUT2D eigenvalue weighted by atomic mass is 19.4. The molecule has 0 saturated carbocycles. The number of rotatable bonds is 7. The average Bonchev–Trinajstić information content (AvgIpc) is 3.18. The lowest BCUT2D eigenvalue weighted by atomic mass is 9.96. The fraction of sp³-hybridized carbons (Fsp3) is 0.409. The molecule has 6 nitrogen and oxygen atoms in total. The molecule has 170 valence electrons. The molecular weight excluding hydrogens is 426 g/mol. The number of ether oxygens (including phenoxy) is 1. The van der Waals surface area contributed by atoms with Gasteiger partial charge >= 0.3 is 6.18 Å². The Morgan fingerprint density at radius 2 is 2.03 bits per heavy atom. The summed E-state index contributed by atoms with van der Waals surface area (Å²) < 4.78 is 59.6. The number of benzene rings is 1. The van der Waals surface area contributed by atoms with E-state index in [-0.39, 0.29) is 18.0 Å². The number of aromatic nitrogens is 4. The van der Waals surface area contributed by atoms with Crippen molar-refractivity contribution in [2.75, 3.05) is 20.3 Å². The predicted molar refractivity (Wildman–Crippen MR) is 109 cm³/mol. The predicted octanol–water partition coefficient (Wildman–Crippen LogP) is 4.02. The fourth-order valence-electron chi connectivity index (χ4n) is 3.98. The van der Waals surface area contributed by atoms with Gasteiger partial charge in [-0.15, -0.1) is 5.10 Å². The van der Waals surface area contributed by atoms with Crippen LogP contribution >= 0.6 is 0 Å². The normalized spacial score (nSPS) is 16.2. The average molecular weight is 449 g/mol. The minimum absolute atomic E-state index is 0.0823. The molecule has 1 unspecified atom stereocenters. The number of pyridine rings is 1. The molecule has 0 amide bonds. The van der Waals surface area contributed by atoms with Gasteiger partial charge in [0.15, 0.2) is 5.82 Å². The molecule has 0 radical (unpaired) electrons. The van der Waals surface area contributed by atoms with E-state index < -0.39 is 17.6 Å². The first-order valence-electron chi connectivity index (χ1n) is 10.3. The molecule has 1 aliphatic carbocycles. The third-order valence-electron chi connectivity index (χ3n) is 5.45. The zero-order valence-electron chi connectivity index (χ0n) is 17.5. The van der Waals surface area contributed by atoms with Crippen LogP contribution in [0.3, 0.4) is 0 Å². The maximum absolute atomic E-state index is 13.8. The molecule has 1 N–H and O–H groups in total. The summed E-state index contributed by atoms with van der Waals surface area (Å²) in [5.74, 6) is -0.386. The van der Waals surface area contributed by atoms with Crippen molar-refractivity contribution in [3.63, 3.8) is 0 Å². The Bertz CT molecular complexity index is 1080. The number of alkyl halides is 3. The molecule has 2 aromatic heterocycles. The van der Waals surface area contributed by atoms with Crippen LogP contribution in [-0.2, 0) is 23.8 Å². The van der Waals surface area contributed by atoms with Gasteiger partial charge in [0.2, 0.25) is 0 Å². The largest absolute Gasteiger partial charge is 0.416 e. The summed E-state index contributed by atoms with van der Waals surface area (Å²) in [7, 11) is 1.65. The number of hydrogen-bond donors (Lipinski definition) is 1. The first-order valence-corrected chi connectivity index (χ1v) is 10.3. The van der Waals surface area contributed by atoms with Gasteiger partial charge in [-0.05, 0) is 67.1 Å². The van der Waals surface area contributed by atoms with Gasteiger partial charge in [-0.2, -0.15) is 17.9 Å². The van der Waals surface area contributed by atoms with E-state index in [9.17, 15) is 17.6 Å². The Kier molecular flexibility index (Phi) is 6.52. The molecule has 0 spiro atoms. The molecule has 4 rings (SSSR count). The zero-order chi connectivity index (χ0) is 22.7. The van der Waals surface area contributed by atoms with Gasteiger partial charge in [0.05, 0.1) is 23.9 Å². The van der Waals surface area contributed by atoms with Gasteiger partial charge in [-0.1, -0.05) is 5.21 Å². The van der Waals surface area contributed by atoms with Crippen molar-refractivity contribution < 1.29 is 22.3 Å². The lowest BCUT2D eigenvalue weighted by Crippen LogP contribution is -2.28. The zero-order valence-corrected chi connectivity index (χ0v) is 17.5. The Balaban J connectivity index is 1.58. The number of nitrogens with one attached hydrogen (secondary N) is 1. The smallest absolute Gasteiger partial charge is 0.383 e. The van der Waals surface area contributed by atoms with Crippen molar-refractivity contribution in [3.05, 3.63) is 70.4 Å². The third-order valence-corrected chi connectivity index (χ3v) is 5.45. The van der Waals surface area contributed by atoms with Gasteiger partial charge < -0.3 is 10.1 Å². The Hall–Kier alpha value is -2.85. The van der Waals surface area contributed by atoms with Crippen molar-refractivity contribution in [1.29, 1.82) is 0 Å². The fourth-order valence-corrected chi connectivity index (χ4v) is 3.98. The Morgan fingerprint density at radius 3 is 2.81 bits per heavy atom. The summed E-state index contributed by atoms with van der Waals surface area (Å²) in [6, 6.07) is 6.11. The van der Waals surface area contributed by atoms with E-state index in [4.69, 9.17) is 4.74 Å². The van der Waals surface area contributed by atoms with Gasteiger partial charge in [-0.3, -0.25) is 0 Å². The molecule has 0 fully saturated rings. The van der Waals surface area contributed by atoms with Gasteiger partial charge in [0.25, 0.3) is 0 Å². The Labute approximate surface area is 182 Å². The van der Waals surface area contributed by atoms with E-state index >= 15 is 0 Å². The topological polar surface area (TPSA) is 64.9 Å². The van der Waals surface area contributed by atoms with Gasteiger partial charge in [0, 0.05) is 19.9 Å². The number of methoxy groups -OCH3 is 1. The molecule has 1 atom stereocenters. The van der Waals surface area contributed by atoms with Gasteiger partial charge in [0.1, 0.15) is 11.5 Å². The van der Waals surface area contributed by atoms with Crippen molar-refractivity contribution in [2.45, 2.75) is 37.9 Å². The molecule has 0 aliphatic heterocycles. The van der Waals surface area contributed by atoms with Crippen LogP contribution in [0, 0.1) is 5.82 Å². The molecule has 3 aromatic rings. The minimum atomic E-state index is -4.60. The summed E-state index contributed by atoms with van der Waals surface area (Å²) >= 11 is 0. The number of fused-ring (bicyclic) bond motifs is 1. The molecular formula is C22H23F4N5O. The van der Waals surface area contributed by atoms with Crippen LogP contribution in [0.5, 0.6) is 0 Å². The first kappa shape index (κ1) is 22.3. The Morgan fingerprint density at radius 1 is 1.19 bits per heavy atom. The van der Waals surface area contributed by atoms with Crippen LogP contribution in [0.2, 0.25) is 0 Å². The van der Waals surface area contributed by atoms with Crippen molar-refractivity contribution in [1.82, 2.24) is 25.3 Å². The minimum Gasteiger partial charge on any atom is -0.383 e. The quantitative estimate of drug-likeness (QED) is 0.436. The standard InChI is InChI=1S/C22H23F4N5O/c1-32-8-7-27-18-3-2-4-19-21(18)29-30-31(19)20-12-14(5-6-28-20)9-15-10-16(22(24,25)26)13-17(23)11-15/h5-6,10-13,18,27H,2-4,7-9H2,1H3. The van der Waals surface area contributed by atoms with Crippen LogP contribution in [0.15, 0.2) is 36.5 Å². The lowest BCUT2D eigenvalue weighted by molar-refractivity contribution is -0.137. The molecule has 10 heteroatoms. The van der Waals surface area contributed by atoms with Crippen molar-refractivity contribution >= 4 is 0 Å². The summed E-state index contributed by atoms with van der Waals surface area (Å²) in [6.45, 7) is 1.30. The van der Waals surface area contributed by atoms with Crippen LogP contribution in [0.1, 0.15) is 47.0 Å². The van der Waals surface area contributed by atoms with Crippen LogP contribution < -0.4 is 5.32 Å². The van der Waals surface area contributed by atoms with Crippen LogP contribution in [-0.4, -0.2) is 40.2 Å². The van der Waals surface area contributed by atoms with Crippen LogP contribution in [0.4, 0.5) is 17.6 Å². The summed E-state index contributed by atoms with van der Waals surface area (Å²) in [4.78, 5) is 4.37. The highest BCUT2D eigenvalue weighted by molar-refractivity contribution is 5.36. The highest BCUT2D eigenvalue weighted by Gasteiger charge is 2.31. The second-order valence-corrected chi connectivity index (χ2v) is 7.77. The molecule has 1 aromatic carbocycles. The van der Waals surface area contributed by atoms with E-state index in [2.05, 4.69) is 20.6 Å². The maximum atomic E-state index is 13.8. The van der Waals surface area contributed by atoms with E-state index in [1.54, 1.807) is 30.1 Å². The third kappa shape index (κ3) is 4.97. The number of hydrogen-bond acceptors (Lipinski definition) is 5. The van der Waals surface area contributed by atoms with E-state index in [0.29, 0.717) is 30.6 Å². The molecule has 1 aliphatic rings. The number of nitrogens with zero attached hydrogens (tertiary/aromatic N) is 4. The molecule has 0 bridgehead atoms. The van der Waals surface area contributed by atoms with E-state index in [1.807, 2.05) is 0 Å². The molecule has 0 saturated heterocycles. The summed E-state index contributed by atoms with van der Waals surface area (Å²) in [5.41, 5.74) is 1.76. The molecule has 2 heterocycles. The van der Waals surface area contributed by atoms with Gasteiger partial charge in [-0.25, -0.2) is 9.37 Å².